The first-order valence-corrected chi connectivity index (χ1v) is 7.68. The van der Waals surface area contributed by atoms with Gasteiger partial charge >= 0.3 is 0 Å². The normalized spacial score (nSPS) is 17.5. The van der Waals surface area contributed by atoms with Crippen molar-refractivity contribution in [1.82, 2.24) is 10.2 Å². The van der Waals surface area contributed by atoms with Crippen LogP contribution in [0.4, 0.5) is 0 Å². The Labute approximate surface area is 127 Å². The lowest BCUT2D eigenvalue weighted by Gasteiger charge is -2.20. The summed E-state index contributed by atoms with van der Waals surface area (Å²) in [5.41, 5.74) is 1.17. The van der Waals surface area contributed by atoms with Gasteiger partial charge in [0.15, 0.2) is 5.95 Å². The van der Waals surface area contributed by atoms with Gasteiger partial charge in [-0.15, -0.1) is 0 Å². The molecule has 0 atom stereocenters. The van der Waals surface area contributed by atoms with Gasteiger partial charge in [-0.25, -0.2) is 0 Å². The molecule has 2 fully saturated rings. The molecule has 2 saturated carbocycles. The Morgan fingerprint density at radius 3 is 2.64 bits per heavy atom. The predicted octanol–water partition coefficient (Wildman–Crippen LogP) is 0.926. The maximum Gasteiger partial charge on any atom is 0.259 e. The summed E-state index contributed by atoms with van der Waals surface area (Å²) in [6.07, 6.45) is 3.97. The van der Waals surface area contributed by atoms with E-state index in [2.05, 4.69) is 5.27 Å². The van der Waals surface area contributed by atoms with E-state index in [1.807, 2.05) is 35.2 Å². The summed E-state index contributed by atoms with van der Waals surface area (Å²) in [7, 11) is 0. The topological polar surface area (TPSA) is 73.3 Å². The highest BCUT2D eigenvalue weighted by Gasteiger charge is 2.41. The Morgan fingerprint density at radius 2 is 2.00 bits per heavy atom. The van der Waals surface area contributed by atoms with E-state index in [4.69, 9.17) is 4.52 Å². The number of carbonyl (C=O) groups is 1. The first-order chi connectivity index (χ1) is 10.7. The van der Waals surface area contributed by atoms with Crippen molar-refractivity contribution in [3.05, 3.63) is 36.0 Å². The third kappa shape index (κ3) is 2.45. The van der Waals surface area contributed by atoms with E-state index >= 15 is 0 Å². The quantitative estimate of drug-likeness (QED) is 0.770. The predicted molar refractivity (Wildman–Crippen MR) is 73.8 cm³/mol. The first-order valence-electron chi connectivity index (χ1n) is 7.68. The van der Waals surface area contributed by atoms with Crippen molar-refractivity contribution in [1.29, 1.82) is 0 Å². The van der Waals surface area contributed by atoms with Crippen LogP contribution in [0.2, 0.25) is 0 Å². The molecule has 0 aliphatic heterocycles. The second-order valence-corrected chi connectivity index (χ2v) is 6.03. The van der Waals surface area contributed by atoms with Gasteiger partial charge in [0, 0.05) is 24.1 Å². The number of carbonyl (C=O) groups excluding carboxylic acids is 1. The van der Waals surface area contributed by atoms with Gasteiger partial charge in [0.1, 0.15) is 6.54 Å². The molecule has 2 aliphatic carbocycles. The van der Waals surface area contributed by atoms with E-state index < -0.39 is 5.95 Å². The van der Waals surface area contributed by atoms with E-state index in [0.29, 0.717) is 5.69 Å². The fourth-order valence-corrected chi connectivity index (χ4v) is 2.67. The fourth-order valence-electron chi connectivity index (χ4n) is 2.67. The van der Waals surface area contributed by atoms with Crippen molar-refractivity contribution in [2.45, 2.75) is 38.3 Å². The summed E-state index contributed by atoms with van der Waals surface area (Å²) >= 11 is 0. The number of amides is 1. The molecule has 114 valence electrons. The number of nitrogens with zero attached hydrogens (tertiary/aromatic N) is 3. The van der Waals surface area contributed by atoms with Crippen molar-refractivity contribution in [2.24, 2.45) is 5.92 Å². The smallest absolute Gasteiger partial charge is 0.259 e. The fraction of sp³-hybridized carbons (Fsp3) is 0.438. The minimum Gasteiger partial charge on any atom is -0.539 e. The van der Waals surface area contributed by atoms with Crippen LogP contribution in [0.3, 0.4) is 0 Å². The van der Waals surface area contributed by atoms with Gasteiger partial charge in [-0.1, -0.05) is 18.2 Å². The number of hydrogen-bond donors (Lipinski definition) is 0. The van der Waals surface area contributed by atoms with Crippen LogP contribution in [0.1, 0.15) is 31.4 Å². The van der Waals surface area contributed by atoms with Crippen LogP contribution in [0.25, 0.3) is 5.69 Å². The van der Waals surface area contributed by atoms with Crippen LogP contribution in [0.5, 0.6) is 5.95 Å². The van der Waals surface area contributed by atoms with Gasteiger partial charge in [0.2, 0.25) is 11.6 Å². The molecule has 4 rings (SSSR count). The molecule has 1 aromatic heterocycles. The molecule has 22 heavy (non-hydrogen) atoms. The highest BCUT2D eigenvalue weighted by Crippen LogP contribution is 2.37. The number of rotatable bonds is 5. The van der Waals surface area contributed by atoms with E-state index in [9.17, 15) is 9.90 Å². The maximum atomic E-state index is 12.4. The lowest BCUT2D eigenvalue weighted by molar-refractivity contribution is -0.678. The molecule has 6 heteroatoms. The third-order valence-electron chi connectivity index (χ3n) is 4.21. The second kappa shape index (κ2) is 5.12. The molecular formula is C16H17N3O3. The molecule has 2 aliphatic rings. The number of para-hydroxylation sites is 1. The number of aromatic nitrogens is 2. The number of benzene rings is 1. The molecule has 0 N–H and O–H groups in total. The van der Waals surface area contributed by atoms with Crippen LogP contribution in [0.15, 0.2) is 34.9 Å². The zero-order valence-electron chi connectivity index (χ0n) is 12.1. The zero-order valence-corrected chi connectivity index (χ0v) is 12.1. The van der Waals surface area contributed by atoms with Crippen LogP contribution in [-0.2, 0) is 11.3 Å². The van der Waals surface area contributed by atoms with Crippen molar-refractivity contribution < 1.29 is 19.1 Å². The minimum atomic E-state index is -0.474. The molecular weight excluding hydrogens is 282 g/mol. The summed E-state index contributed by atoms with van der Waals surface area (Å²) in [5, 5.41) is 15.8. The first kappa shape index (κ1) is 13.3. The van der Waals surface area contributed by atoms with Gasteiger partial charge in [-0.05, 0) is 30.4 Å². The minimum absolute atomic E-state index is 0.153. The van der Waals surface area contributed by atoms with Gasteiger partial charge in [-0.3, -0.25) is 4.79 Å². The molecule has 0 bridgehead atoms. The zero-order chi connectivity index (χ0) is 15.1. The van der Waals surface area contributed by atoms with Crippen LogP contribution in [-0.4, -0.2) is 22.1 Å². The Bertz CT molecular complexity index is 690. The Morgan fingerprint density at radius 1 is 1.27 bits per heavy atom. The van der Waals surface area contributed by atoms with Gasteiger partial charge in [-0.2, -0.15) is 0 Å². The van der Waals surface area contributed by atoms with Crippen LogP contribution >= 0.6 is 0 Å². The Balaban J connectivity index is 1.64. The van der Waals surface area contributed by atoms with Gasteiger partial charge in [0.05, 0.1) is 5.27 Å². The number of hydrogen-bond acceptors (Lipinski definition) is 4. The molecule has 1 heterocycles. The van der Waals surface area contributed by atoms with Crippen molar-refractivity contribution >= 4 is 5.91 Å². The van der Waals surface area contributed by atoms with Gasteiger partial charge < -0.3 is 14.5 Å². The average Bonchev–Trinajstić information content (AvgIpc) is 3.44. The van der Waals surface area contributed by atoms with Crippen molar-refractivity contribution in [3.63, 3.8) is 0 Å². The Kier molecular flexibility index (Phi) is 3.10. The molecule has 2 aromatic rings. The average molecular weight is 299 g/mol. The Hall–Kier alpha value is -2.37. The molecule has 1 amide bonds. The maximum absolute atomic E-state index is 12.4. The molecule has 0 unspecified atom stereocenters. The van der Waals surface area contributed by atoms with E-state index in [1.165, 1.54) is 4.68 Å². The van der Waals surface area contributed by atoms with E-state index in [-0.39, 0.29) is 24.4 Å². The van der Waals surface area contributed by atoms with E-state index in [0.717, 1.165) is 31.4 Å². The van der Waals surface area contributed by atoms with Crippen LogP contribution < -0.4 is 9.79 Å². The monoisotopic (exact) mass is 299 g/mol. The summed E-state index contributed by atoms with van der Waals surface area (Å²) in [5.74, 6) is -0.151. The lowest BCUT2D eigenvalue weighted by atomic mass is 10.2. The molecule has 1 aromatic carbocycles. The second-order valence-electron chi connectivity index (χ2n) is 6.03. The highest BCUT2D eigenvalue weighted by atomic mass is 16.6. The molecule has 6 nitrogen and oxygen atoms in total. The third-order valence-corrected chi connectivity index (χ3v) is 4.21. The summed E-state index contributed by atoms with van der Waals surface area (Å²) in [4.78, 5) is 14.3. The standard InChI is InChI=1S/C16H17N3O3/c20-15(11-6-7-11)18(12-8-9-12)10-14-16(21)22-17-19(14)13-4-2-1-3-5-13/h1-5,11-12H,6-10H2. The largest absolute Gasteiger partial charge is 0.539 e. The van der Waals surface area contributed by atoms with E-state index in [1.54, 1.807) is 0 Å². The van der Waals surface area contributed by atoms with Crippen molar-refractivity contribution in [3.8, 4) is 11.6 Å². The molecule has 0 saturated heterocycles. The summed E-state index contributed by atoms with van der Waals surface area (Å²) < 4.78 is 6.32. The van der Waals surface area contributed by atoms with Crippen LogP contribution in [0, 0.1) is 5.92 Å². The molecule has 0 spiro atoms. The van der Waals surface area contributed by atoms with Crippen molar-refractivity contribution in [2.75, 3.05) is 0 Å². The SMILES string of the molecule is O=C(C1CC1)N(Cc1c([O-])on[n+]1-c1ccccc1)C1CC1. The molecule has 0 radical (unpaired) electrons. The van der Waals surface area contributed by atoms with Gasteiger partial charge in [0.25, 0.3) is 5.69 Å². The highest BCUT2D eigenvalue weighted by molar-refractivity contribution is 5.81. The summed E-state index contributed by atoms with van der Waals surface area (Å²) in [6.45, 7) is 0.275. The summed E-state index contributed by atoms with van der Waals surface area (Å²) in [6, 6.07) is 9.63. The lowest BCUT2D eigenvalue weighted by Crippen LogP contribution is -2.42.